The second-order valence-corrected chi connectivity index (χ2v) is 7.23. The third-order valence-corrected chi connectivity index (χ3v) is 5.07. The molecular weight excluding hydrogens is 372 g/mol. The zero-order valence-corrected chi connectivity index (χ0v) is 15.8. The number of hydrogen-bond acceptors (Lipinski definition) is 4. The van der Waals surface area contributed by atoms with E-state index >= 15 is 0 Å². The van der Waals surface area contributed by atoms with Crippen LogP contribution in [0.25, 0.3) is 6.08 Å². The molecule has 1 atom stereocenters. The van der Waals surface area contributed by atoms with Gasteiger partial charge in [0.25, 0.3) is 0 Å². The lowest BCUT2D eigenvalue weighted by Gasteiger charge is -2.36. The van der Waals surface area contributed by atoms with Crippen molar-refractivity contribution in [2.75, 3.05) is 20.1 Å². The molecule has 0 bridgehead atoms. The Labute approximate surface area is 167 Å². The number of nitrogens with two attached hydrogens (primary N) is 1. The molecule has 0 amide bonds. The second-order valence-electron chi connectivity index (χ2n) is 7.23. The van der Waals surface area contributed by atoms with Crippen LogP contribution in [0.5, 0.6) is 0 Å². The summed E-state index contributed by atoms with van der Waals surface area (Å²) >= 11 is 0. The Morgan fingerprint density at radius 3 is 2.55 bits per heavy atom. The molecule has 2 aliphatic heterocycles. The van der Waals surface area contributed by atoms with Crippen molar-refractivity contribution in [2.45, 2.75) is 5.92 Å². The summed E-state index contributed by atoms with van der Waals surface area (Å²) in [4.78, 5) is 2.07. The maximum atomic E-state index is 13.9. The van der Waals surface area contributed by atoms with Crippen molar-refractivity contribution in [3.63, 3.8) is 0 Å². The van der Waals surface area contributed by atoms with Gasteiger partial charge in [0.2, 0.25) is 5.88 Å². The van der Waals surface area contributed by atoms with E-state index < -0.39 is 5.92 Å². The van der Waals surface area contributed by atoms with Crippen LogP contribution in [0.15, 0.2) is 76.9 Å². The number of rotatable bonds is 2. The summed E-state index contributed by atoms with van der Waals surface area (Å²) in [7, 11) is 1.94. The van der Waals surface area contributed by atoms with Gasteiger partial charge in [-0.1, -0.05) is 24.3 Å². The predicted octanol–water partition coefficient (Wildman–Crippen LogP) is 4.06. The van der Waals surface area contributed by atoms with E-state index in [9.17, 15) is 14.0 Å². The number of nitriles is 1. The summed E-state index contributed by atoms with van der Waals surface area (Å²) < 4.78 is 33.4. The molecule has 0 radical (unpaired) electrons. The lowest BCUT2D eigenvalue weighted by molar-refractivity contribution is 0.251. The normalized spacial score (nSPS) is 21.0. The van der Waals surface area contributed by atoms with Gasteiger partial charge in [0.05, 0.1) is 5.92 Å². The Morgan fingerprint density at radius 2 is 1.86 bits per heavy atom. The van der Waals surface area contributed by atoms with E-state index in [1.165, 1.54) is 24.3 Å². The Balaban J connectivity index is 1.88. The maximum absolute atomic E-state index is 13.9. The summed E-state index contributed by atoms with van der Waals surface area (Å²) in [5.41, 5.74) is 9.33. The molecular formula is C23H19F2N3O. The van der Waals surface area contributed by atoms with E-state index in [4.69, 9.17) is 10.5 Å². The molecule has 2 aliphatic rings. The standard InChI is InChI=1S/C23H19F2N3O/c1-28-12-16(8-14-4-2-6-17(24)9-14)22-20(13-28)21(19(11-26)23(27)29-22)15-5-3-7-18(25)10-15/h2-10,21H,12-13,27H2,1H3/b16-8+. The number of likely N-dealkylation sites (N-methyl/N-ethyl adjacent to an activating group) is 1. The van der Waals surface area contributed by atoms with Crippen molar-refractivity contribution in [2.24, 2.45) is 5.73 Å². The molecule has 6 heteroatoms. The SMILES string of the molecule is CN1CC2=C(OC(N)=C(C#N)C2c2cccc(F)c2)/C(=C/c2cccc(F)c2)C1. The lowest BCUT2D eigenvalue weighted by Crippen LogP contribution is -2.36. The quantitative estimate of drug-likeness (QED) is 0.839. The van der Waals surface area contributed by atoms with Crippen LogP contribution < -0.4 is 5.73 Å². The minimum absolute atomic E-state index is 0.00945. The first-order chi connectivity index (χ1) is 14.0. The third-order valence-electron chi connectivity index (χ3n) is 5.07. The predicted molar refractivity (Wildman–Crippen MR) is 106 cm³/mol. The van der Waals surface area contributed by atoms with E-state index in [1.807, 2.05) is 13.1 Å². The molecule has 0 aliphatic carbocycles. The number of hydrogen-bond donors (Lipinski definition) is 1. The van der Waals surface area contributed by atoms with Gasteiger partial charge < -0.3 is 10.5 Å². The summed E-state index contributed by atoms with van der Waals surface area (Å²) in [6.45, 7) is 1.11. The molecule has 0 fully saturated rings. The first kappa shape index (κ1) is 18.9. The fourth-order valence-corrected chi connectivity index (χ4v) is 3.90. The van der Waals surface area contributed by atoms with Gasteiger partial charge in [-0.05, 0) is 54.1 Å². The first-order valence-electron chi connectivity index (χ1n) is 9.17. The minimum Gasteiger partial charge on any atom is -0.440 e. The Bertz CT molecular complexity index is 1110. The summed E-state index contributed by atoms with van der Waals surface area (Å²) in [6.07, 6.45) is 1.85. The highest BCUT2D eigenvalue weighted by Crippen LogP contribution is 2.43. The molecule has 2 heterocycles. The van der Waals surface area contributed by atoms with Crippen molar-refractivity contribution in [3.8, 4) is 6.07 Å². The monoisotopic (exact) mass is 391 g/mol. The van der Waals surface area contributed by atoms with Crippen LogP contribution in [-0.2, 0) is 4.74 Å². The lowest BCUT2D eigenvalue weighted by atomic mass is 9.80. The van der Waals surface area contributed by atoms with Gasteiger partial charge in [-0.3, -0.25) is 4.90 Å². The molecule has 0 aromatic heterocycles. The molecule has 2 aromatic carbocycles. The van der Waals surface area contributed by atoms with Crippen molar-refractivity contribution in [1.82, 2.24) is 4.90 Å². The second kappa shape index (κ2) is 7.53. The smallest absolute Gasteiger partial charge is 0.205 e. The third kappa shape index (κ3) is 3.65. The molecule has 2 aromatic rings. The van der Waals surface area contributed by atoms with Gasteiger partial charge in [0, 0.05) is 18.7 Å². The summed E-state index contributed by atoms with van der Waals surface area (Å²) in [5, 5.41) is 9.70. The van der Waals surface area contributed by atoms with Crippen LogP contribution in [0.4, 0.5) is 8.78 Å². The zero-order valence-electron chi connectivity index (χ0n) is 15.8. The van der Waals surface area contributed by atoms with Crippen LogP contribution >= 0.6 is 0 Å². The van der Waals surface area contributed by atoms with Gasteiger partial charge in [0.1, 0.15) is 29.0 Å². The van der Waals surface area contributed by atoms with Crippen LogP contribution in [0.1, 0.15) is 17.0 Å². The van der Waals surface area contributed by atoms with Crippen LogP contribution in [0.3, 0.4) is 0 Å². The van der Waals surface area contributed by atoms with Gasteiger partial charge in [-0.2, -0.15) is 5.26 Å². The van der Waals surface area contributed by atoms with Gasteiger partial charge in [-0.15, -0.1) is 0 Å². The number of nitrogens with zero attached hydrogens (tertiary/aromatic N) is 2. The zero-order chi connectivity index (χ0) is 20.5. The topological polar surface area (TPSA) is 62.3 Å². The van der Waals surface area contributed by atoms with E-state index in [0.29, 0.717) is 30.0 Å². The first-order valence-corrected chi connectivity index (χ1v) is 9.17. The minimum atomic E-state index is -0.502. The average Bonchev–Trinajstić information content (AvgIpc) is 2.67. The molecule has 29 heavy (non-hydrogen) atoms. The van der Waals surface area contributed by atoms with Gasteiger partial charge in [-0.25, -0.2) is 8.78 Å². The summed E-state index contributed by atoms with van der Waals surface area (Å²) in [6, 6.07) is 14.6. The molecule has 0 saturated carbocycles. The van der Waals surface area contributed by atoms with Crippen LogP contribution in [0, 0.1) is 23.0 Å². The Kier molecular flexibility index (Phi) is 4.91. The number of ether oxygens (including phenoxy) is 1. The molecule has 2 N–H and O–H groups in total. The highest BCUT2D eigenvalue weighted by atomic mass is 19.1. The molecule has 1 unspecified atom stereocenters. The van der Waals surface area contributed by atoms with Crippen molar-refractivity contribution in [3.05, 3.63) is 99.7 Å². The Morgan fingerprint density at radius 1 is 1.14 bits per heavy atom. The number of benzene rings is 2. The highest BCUT2D eigenvalue weighted by molar-refractivity contribution is 5.63. The van der Waals surface area contributed by atoms with Crippen LogP contribution in [-0.4, -0.2) is 25.0 Å². The number of allylic oxidation sites excluding steroid dienone is 1. The fourth-order valence-electron chi connectivity index (χ4n) is 3.90. The van der Waals surface area contributed by atoms with E-state index in [-0.39, 0.29) is 23.1 Å². The number of halogens is 2. The average molecular weight is 391 g/mol. The summed E-state index contributed by atoms with van der Waals surface area (Å²) in [5.74, 6) is -0.635. The van der Waals surface area contributed by atoms with E-state index in [2.05, 4.69) is 11.0 Å². The molecule has 0 spiro atoms. The highest BCUT2D eigenvalue weighted by Gasteiger charge is 2.37. The molecule has 4 rings (SSSR count). The van der Waals surface area contributed by atoms with Crippen molar-refractivity contribution in [1.29, 1.82) is 5.26 Å². The van der Waals surface area contributed by atoms with Crippen LogP contribution in [0.2, 0.25) is 0 Å². The molecule has 4 nitrogen and oxygen atoms in total. The fraction of sp³-hybridized carbons (Fsp3) is 0.174. The van der Waals surface area contributed by atoms with Gasteiger partial charge in [0.15, 0.2) is 0 Å². The molecule has 0 saturated heterocycles. The van der Waals surface area contributed by atoms with Crippen molar-refractivity contribution >= 4 is 6.08 Å². The van der Waals surface area contributed by atoms with E-state index in [1.54, 1.807) is 24.3 Å². The maximum Gasteiger partial charge on any atom is 0.205 e. The Hall–Kier alpha value is -3.43. The molecule has 146 valence electrons. The van der Waals surface area contributed by atoms with Gasteiger partial charge >= 0.3 is 0 Å². The van der Waals surface area contributed by atoms with Crippen molar-refractivity contribution < 1.29 is 13.5 Å². The largest absolute Gasteiger partial charge is 0.440 e. The van der Waals surface area contributed by atoms with E-state index in [0.717, 1.165) is 11.1 Å².